The quantitative estimate of drug-likeness (QED) is 0.0850. The van der Waals surface area contributed by atoms with Gasteiger partial charge in [0.05, 0.1) is 10.7 Å². The summed E-state index contributed by atoms with van der Waals surface area (Å²) in [5.41, 5.74) is 4.13. The molecule has 3 rings (SSSR count). The summed E-state index contributed by atoms with van der Waals surface area (Å²) in [5, 5.41) is 34.4. The van der Waals surface area contributed by atoms with Crippen LogP contribution in [0.2, 0.25) is 5.02 Å². The second-order valence-electron chi connectivity index (χ2n) is 7.12. The number of aliphatic imine (C=N–C) groups is 1. The molecule has 0 saturated carbocycles. The lowest BCUT2D eigenvalue weighted by Crippen LogP contribution is -2.24. The Morgan fingerprint density at radius 2 is 1.54 bits per heavy atom. The molecule has 1 aromatic carbocycles. The zero-order valence-electron chi connectivity index (χ0n) is 20.0. The van der Waals surface area contributed by atoms with Gasteiger partial charge >= 0.3 is 24.3 Å². The van der Waals surface area contributed by atoms with Crippen LogP contribution >= 0.6 is 11.6 Å². The molecule has 41 heavy (non-hydrogen) atoms. The molecule has 224 valence electrons. The Labute approximate surface area is 229 Å². The Balaban J connectivity index is 0.000000497. The number of rotatable bonds is 7. The fraction of sp³-hybridized carbons (Fsp3) is 0.238. The Morgan fingerprint density at radius 3 is 2.02 bits per heavy atom. The highest BCUT2D eigenvalue weighted by Gasteiger charge is 2.38. The van der Waals surface area contributed by atoms with Gasteiger partial charge in [0.2, 0.25) is 0 Å². The first-order valence-corrected chi connectivity index (χ1v) is 10.9. The number of halogens is 8. The molecule has 0 aliphatic carbocycles. The average Bonchev–Trinajstić information content (AvgIpc) is 3.36. The fourth-order valence-electron chi connectivity index (χ4n) is 2.31. The van der Waals surface area contributed by atoms with Crippen LogP contribution in [-0.2, 0) is 22.6 Å². The highest BCUT2D eigenvalue weighted by molar-refractivity contribution is 6.31. The molecule has 0 fully saturated rings. The monoisotopic (exact) mass is 618 g/mol. The Bertz CT molecular complexity index is 1280. The predicted octanol–water partition coefficient (Wildman–Crippen LogP) is 3.91. The van der Waals surface area contributed by atoms with E-state index in [2.05, 4.69) is 25.6 Å². The van der Waals surface area contributed by atoms with Gasteiger partial charge in [-0.25, -0.2) is 23.6 Å². The molecule has 0 atom stereocenters. The maximum absolute atomic E-state index is 13.3. The standard InChI is InChI=1S/C17H16ClFN6O2.2C2HF3O2/c18-13-9-12(1-2-14(13)19)22-17(23-26)16-15(24-27-25-16)10-21-8-5-11-3-6-20-7-4-11;2*3-2(4,5)1(6)7/h1-4,6-7,9,21,26H,5,8,10H2,(H,22,23);2*(H,6,7). The molecular formula is C21H18ClF7N6O6. The van der Waals surface area contributed by atoms with Crippen molar-refractivity contribution in [3.8, 4) is 0 Å². The number of hydrogen-bond donors (Lipinski definition) is 5. The third-order valence-electron chi connectivity index (χ3n) is 4.15. The molecule has 0 aliphatic heterocycles. The number of hydroxylamine groups is 1. The van der Waals surface area contributed by atoms with Crippen molar-refractivity contribution >= 4 is 35.1 Å². The number of carboxylic acid groups (broad SMARTS) is 2. The normalized spacial score (nSPS) is 11.5. The number of amidine groups is 1. The Hall–Kier alpha value is -4.36. The van der Waals surface area contributed by atoms with Crippen LogP contribution in [0.1, 0.15) is 17.0 Å². The summed E-state index contributed by atoms with van der Waals surface area (Å²) in [5.74, 6) is -6.07. The SMILES string of the molecule is O=C(O)C(F)(F)F.O=C(O)C(F)(F)F.ONC(=Nc1ccc(F)c(Cl)c1)c1nonc1CNCCc1ccncc1. The molecule has 0 saturated heterocycles. The third-order valence-corrected chi connectivity index (χ3v) is 4.44. The minimum atomic E-state index is -5.08. The van der Waals surface area contributed by atoms with E-state index in [0.717, 1.165) is 12.0 Å². The topological polar surface area (TPSA) is 183 Å². The van der Waals surface area contributed by atoms with E-state index in [-0.39, 0.29) is 16.6 Å². The molecule has 2 heterocycles. The lowest BCUT2D eigenvalue weighted by Gasteiger charge is -2.05. The van der Waals surface area contributed by atoms with E-state index in [4.69, 9.17) is 36.0 Å². The third kappa shape index (κ3) is 13.0. The average molecular weight is 619 g/mol. The van der Waals surface area contributed by atoms with Gasteiger partial charge in [0.15, 0.2) is 11.5 Å². The Kier molecular flexibility index (Phi) is 13.6. The summed E-state index contributed by atoms with van der Waals surface area (Å²) in [6.07, 6.45) is -5.87. The van der Waals surface area contributed by atoms with Crippen molar-refractivity contribution in [2.24, 2.45) is 4.99 Å². The van der Waals surface area contributed by atoms with Crippen LogP contribution in [-0.4, -0.2) is 67.4 Å². The van der Waals surface area contributed by atoms with Gasteiger partial charge in [-0.15, -0.1) is 0 Å². The summed E-state index contributed by atoms with van der Waals surface area (Å²) in [7, 11) is 0. The van der Waals surface area contributed by atoms with Gasteiger partial charge in [0.25, 0.3) is 0 Å². The Morgan fingerprint density at radius 1 is 0.976 bits per heavy atom. The number of nitrogens with zero attached hydrogens (tertiary/aromatic N) is 4. The van der Waals surface area contributed by atoms with Gasteiger partial charge in [-0.05, 0) is 54.0 Å². The van der Waals surface area contributed by atoms with Crippen LogP contribution in [0.15, 0.2) is 52.3 Å². The molecule has 0 radical (unpaired) electrons. The van der Waals surface area contributed by atoms with Gasteiger partial charge in [0.1, 0.15) is 11.5 Å². The van der Waals surface area contributed by atoms with Crippen molar-refractivity contribution in [3.05, 3.63) is 70.5 Å². The molecule has 5 N–H and O–H groups in total. The number of aromatic nitrogens is 3. The van der Waals surface area contributed by atoms with Crippen molar-refractivity contribution in [1.82, 2.24) is 26.1 Å². The molecule has 0 bridgehead atoms. The van der Waals surface area contributed by atoms with Crippen LogP contribution in [0.25, 0.3) is 0 Å². The number of nitrogens with one attached hydrogen (secondary N) is 2. The molecule has 2 aromatic heterocycles. The fourth-order valence-corrected chi connectivity index (χ4v) is 2.48. The van der Waals surface area contributed by atoms with Gasteiger partial charge in [-0.1, -0.05) is 16.8 Å². The van der Waals surface area contributed by atoms with Crippen molar-refractivity contribution < 1.29 is 60.4 Å². The number of pyridine rings is 1. The second-order valence-corrected chi connectivity index (χ2v) is 7.53. The first kappa shape index (κ1) is 34.7. The zero-order chi connectivity index (χ0) is 31.2. The molecule has 0 aliphatic rings. The largest absolute Gasteiger partial charge is 0.490 e. The van der Waals surface area contributed by atoms with E-state index in [1.165, 1.54) is 18.2 Å². The minimum Gasteiger partial charge on any atom is -0.475 e. The van der Waals surface area contributed by atoms with Crippen molar-refractivity contribution in [3.63, 3.8) is 0 Å². The highest BCUT2D eigenvalue weighted by atomic mass is 35.5. The van der Waals surface area contributed by atoms with E-state index in [1.807, 2.05) is 17.6 Å². The zero-order valence-corrected chi connectivity index (χ0v) is 20.8. The number of alkyl halides is 6. The lowest BCUT2D eigenvalue weighted by molar-refractivity contribution is -0.193. The maximum Gasteiger partial charge on any atom is 0.490 e. The molecule has 0 amide bonds. The molecule has 12 nitrogen and oxygen atoms in total. The number of benzene rings is 1. The number of hydrogen-bond acceptors (Lipinski definition) is 9. The summed E-state index contributed by atoms with van der Waals surface area (Å²) >= 11 is 5.74. The number of carbonyl (C=O) groups is 2. The van der Waals surface area contributed by atoms with Gasteiger partial charge in [-0.3, -0.25) is 15.7 Å². The van der Waals surface area contributed by atoms with Gasteiger partial charge < -0.3 is 15.5 Å². The van der Waals surface area contributed by atoms with E-state index >= 15 is 0 Å². The molecule has 0 unspecified atom stereocenters. The minimum absolute atomic E-state index is 0.00450. The molecule has 3 aromatic rings. The van der Waals surface area contributed by atoms with E-state index in [9.17, 15) is 35.9 Å². The molecular weight excluding hydrogens is 601 g/mol. The van der Waals surface area contributed by atoms with E-state index in [0.29, 0.717) is 24.5 Å². The second kappa shape index (κ2) is 16.0. The number of carboxylic acids is 2. The van der Waals surface area contributed by atoms with E-state index in [1.54, 1.807) is 12.4 Å². The summed E-state index contributed by atoms with van der Waals surface area (Å²) in [6, 6.07) is 7.81. The summed E-state index contributed by atoms with van der Waals surface area (Å²) < 4.78 is 81.5. The van der Waals surface area contributed by atoms with Gasteiger partial charge in [0, 0.05) is 18.9 Å². The van der Waals surface area contributed by atoms with Crippen LogP contribution in [0.4, 0.5) is 36.4 Å². The van der Waals surface area contributed by atoms with Crippen LogP contribution in [0.3, 0.4) is 0 Å². The van der Waals surface area contributed by atoms with Crippen molar-refractivity contribution in [1.29, 1.82) is 0 Å². The van der Waals surface area contributed by atoms with E-state index < -0.39 is 30.1 Å². The van der Waals surface area contributed by atoms with Gasteiger partial charge in [-0.2, -0.15) is 26.3 Å². The first-order valence-electron chi connectivity index (χ1n) is 10.5. The first-order chi connectivity index (χ1) is 19.1. The number of aliphatic carboxylic acids is 2. The smallest absolute Gasteiger partial charge is 0.475 e. The van der Waals surface area contributed by atoms with Crippen molar-refractivity contribution in [2.75, 3.05) is 6.54 Å². The van der Waals surface area contributed by atoms with Crippen molar-refractivity contribution in [2.45, 2.75) is 25.3 Å². The van der Waals surface area contributed by atoms with Crippen LogP contribution < -0.4 is 10.8 Å². The summed E-state index contributed by atoms with van der Waals surface area (Å²) in [6.45, 7) is 1.05. The maximum atomic E-state index is 13.3. The molecule has 0 spiro atoms. The molecule has 20 heteroatoms. The predicted molar refractivity (Wildman–Crippen MR) is 124 cm³/mol. The van der Waals surface area contributed by atoms with Crippen LogP contribution in [0.5, 0.6) is 0 Å². The lowest BCUT2D eigenvalue weighted by atomic mass is 10.2. The highest BCUT2D eigenvalue weighted by Crippen LogP contribution is 2.22. The van der Waals surface area contributed by atoms with Crippen LogP contribution in [0, 0.1) is 5.82 Å². The summed E-state index contributed by atoms with van der Waals surface area (Å²) in [4.78, 5) is 25.9.